The van der Waals surface area contributed by atoms with Gasteiger partial charge in [-0.05, 0) is 35.7 Å². The maximum atomic E-state index is 5.19. The Balaban J connectivity index is 1.54. The molecule has 6 heteroatoms. The Morgan fingerprint density at radius 1 is 1.00 bits per heavy atom. The highest BCUT2D eigenvalue weighted by Gasteiger charge is 2.22. The fourth-order valence-corrected chi connectivity index (χ4v) is 3.77. The highest BCUT2D eigenvalue weighted by atomic mass is 16.5. The number of methoxy groups -OCH3 is 1. The molecule has 0 unspecified atom stereocenters. The van der Waals surface area contributed by atoms with Gasteiger partial charge < -0.3 is 10.1 Å². The van der Waals surface area contributed by atoms with Crippen molar-refractivity contribution < 1.29 is 4.74 Å². The standard InChI is InChI=1S/C23H21N5O/c1-13(2)21-20-15(11-24-21)4-5-16-12-25-23(28-22(16)20)26-17-7-8-18-14(10-17)6-9-19(27-18)29-3/h4-10,12-13H,11H2,1-3H3,(H,25,26,28). The SMILES string of the molecule is COc1ccc2cc(Nc3ncc4ccc5c(c4n3)C(C(C)C)=NC5)ccc2n1. The number of nitrogens with zero attached hydrogens (tertiary/aromatic N) is 4. The molecule has 5 rings (SSSR count). The number of ether oxygens (including phenoxy) is 1. The number of aliphatic imine (C=N–C) groups is 1. The number of anilines is 2. The van der Waals surface area contributed by atoms with Crippen molar-refractivity contribution in [1.82, 2.24) is 15.0 Å². The van der Waals surface area contributed by atoms with Gasteiger partial charge in [0.05, 0.1) is 24.7 Å². The molecule has 0 bridgehead atoms. The predicted molar refractivity (Wildman–Crippen MR) is 116 cm³/mol. The van der Waals surface area contributed by atoms with Gasteiger partial charge in [-0.15, -0.1) is 0 Å². The van der Waals surface area contributed by atoms with Gasteiger partial charge in [0.25, 0.3) is 0 Å². The average molecular weight is 383 g/mol. The minimum atomic E-state index is 0.359. The van der Waals surface area contributed by atoms with Crippen LogP contribution in [0.1, 0.15) is 25.0 Å². The van der Waals surface area contributed by atoms with Gasteiger partial charge in [0.2, 0.25) is 11.8 Å². The van der Waals surface area contributed by atoms with Crippen molar-refractivity contribution in [2.45, 2.75) is 20.4 Å². The minimum absolute atomic E-state index is 0.359. The van der Waals surface area contributed by atoms with Crippen molar-refractivity contribution in [1.29, 1.82) is 0 Å². The Hall–Kier alpha value is -3.54. The molecule has 1 aliphatic heterocycles. The second kappa shape index (κ2) is 6.81. The van der Waals surface area contributed by atoms with Crippen molar-refractivity contribution in [3.8, 4) is 5.88 Å². The molecule has 0 aliphatic carbocycles. The first kappa shape index (κ1) is 17.6. The van der Waals surface area contributed by atoms with Crippen LogP contribution in [-0.2, 0) is 6.54 Å². The molecule has 0 amide bonds. The molecule has 0 atom stereocenters. The number of hydrogen-bond acceptors (Lipinski definition) is 6. The van der Waals surface area contributed by atoms with Crippen LogP contribution in [-0.4, -0.2) is 27.8 Å². The smallest absolute Gasteiger partial charge is 0.227 e. The van der Waals surface area contributed by atoms with Crippen LogP contribution in [0, 0.1) is 5.92 Å². The van der Waals surface area contributed by atoms with Gasteiger partial charge in [-0.3, -0.25) is 4.99 Å². The molecule has 1 N–H and O–H groups in total. The van der Waals surface area contributed by atoms with Gasteiger partial charge in [0.15, 0.2) is 0 Å². The maximum Gasteiger partial charge on any atom is 0.227 e. The third-order valence-corrected chi connectivity index (χ3v) is 5.19. The van der Waals surface area contributed by atoms with E-state index in [2.05, 4.69) is 41.3 Å². The van der Waals surface area contributed by atoms with Crippen molar-refractivity contribution in [3.63, 3.8) is 0 Å². The Morgan fingerprint density at radius 2 is 1.86 bits per heavy atom. The van der Waals surface area contributed by atoms with Crippen molar-refractivity contribution in [3.05, 3.63) is 59.8 Å². The fraction of sp³-hybridized carbons (Fsp3) is 0.217. The quantitative estimate of drug-likeness (QED) is 0.543. The topological polar surface area (TPSA) is 72.3 Å². The molecule has 144 valence electrons. The molecule has 0 radical (unpaired) electrons. The summed E-state index contributed by atoms with van der Waals surface area (Å²) in [5.41, 5.74) is 6.27. The number of fused-ring (bicyclic) bond motifs is 4. The third kappa shape index (κ3) is 3.06. The van der Waals surface area contributed by atoms with Crippen LogP contribution >= 0.6 is 0 Å². The van der Waals surface area contributed by atoms with Gasteiger partial charge in [0.1, 0.15) is 0 Å². The van der Waals surface area contributed by atoms with Gasteiger partial charge >= 0.3 is 0 Å². The molecule has 0 saturated heterocycles. The lowest BCUT2D eigenvalue weighted by Crippen LogP contribution is -2.09. The average Bonchev–Trinajstić information content (AvgIpc) is 3.18. The van der Waals surface area contributed by atoms with E-state index in [0.717, 1.165) is 45.3 Å². The first-order chi connectivity index (χ1) is 14.1. The largest absolute Gasteiger partial charge is 0.481 e. The van der Waals surface area contributed by atoms with E-state index < -0.39 is 0 Å². The van der Waals surface area contributed by atoms with Crippen LogP contribution in [0.5, 0.6) is 5.88 Å². The summed E-state index contributed by atoms with van der Waals surface area (Å²) in [4.78, 5) is 18.5. The summed E-state index contributed by atoms with van der Waals surface area (Å²) in [7, 11) is 1.62. The van der Waals surface area contributed by atoms with E-state index in [-0.39, 0.29) is 0 Å². The van der Waals surface area contributed by atoms with Crippen LogP contribution in [0.15, 0.2) is 53.7 Å². The summed E-state index contributed by atoms with van der Waals surface area (Å²) in [6, 6.07) is 14.0. The number of hydrogen-bond donors (Lipinski definition) is 1. The minimum Gasteiger partial charge on any atom is -0.481 e. The first-order valence-electron chi connectivity index (χ1n) is 9.67. The molecule has 4 aromatic rings. The lowest BCUT2D eigenvalue weighted by atomic mass is 9.96. The van der Waals surface area contributed by atoms with Crippen LogP contribution in [0.25, 0.3) is 21.8 Å². The number of aromatic nitrogens is 3. The zero-order valence-electron chi connectivity index (χ0n) is 16.6. The van der Waals surface area contributed by atoms with Gasteiger partial charge in [0, 0.05) is 40.0 Å². The normalized spacial score (nSPS) is 13.0. The molecule has 1 aliphatic rings. The lowest BCUT2D eigenvalue weighted by molar-refractivity contribution is 0.399. The summed E-state index contributed by atoms with van der Waals surface area (Å²) >= 11 is 0. The maximum absolute atomic E-state index is 5.19. The van der Waals surface area contributed by atoms with E-state index in [1.807, 2.05) is 36.5 Å². The summed E-state index contributed by atoms with van der Waals surface area (Å²) in [5, 5.41) is 5.38. The third-order valence-electron chi connectivity index (χ3n) is 5.19. The van der Waals surface area contributed by atoms with Crippen LogP contribution in [0.3, 0.4) is 0 Å². The molecule has 3 heterocycles. The summed E-state index contributed by atoms with van der Waals surface area (Å²) in [6.45, 7) is 5.07. The highest BCUT2D eigenvalue weighted by Crippen LogP contribution is 2.30. The Bertz CT molecular complexity index is 1280. The zero-order chi connectivity index (χ0) is 20.0. The number of nitrogens with one attached hydrogen (secondary N) is 1. The molecule has 29 heavy (non-hydrogen) atoms. The Morgan fingerprint density at radius 3 is 2.69 bits per heavy atom. The van der Waals surface area contributed by atoms with Gasteiger partial charge in [-0.1, -0.05) is 26.0 Å². The predicted octanol–water partition coefficient (Wildman–Crippen LogP) is 4.89. The van der Waals surface area contributed by atoms with Crippen molar-refractivity contribution in [2.24, 2.45) is 10.9 Å². The fourth-order valence-electron chi connectivity index (χ4n) is 3.77. The molecular formula is C23H21N5O. The van der Waals surface area contributed by atoms with E-state index in [1.54, 1.807) is 7.11 Å². The van der Waals surface area contributed by atoms with E-state index in [4.69, 9.17) is 14.7 Å². The van der Waals surface area contributed by atoms with Gasteiger partial charge in [-0.25, -0.2) is 15.0 Å². The molecule has 6 nitrogen and oxygen atoms in total. The van der Waals surface area contributed by atoms with Crippen molar-refractivity contribution >= 4 is 39.2 Å². The molecule has 0 saturated carbocycles. The van der Waals surface area contributed by atoms with Crippen molar-refractivity contribution in [2.75, 3.05) is 12.4 Å². The summed E-state index contributed by atoms with van der Waals surface area (Å²) in [6.07, 6.45) is 1.87. The number of rotatable bonds is 4. The lowest BCUT2D eigenvalue weighted by Gasteiger charge is -2.12. The monoisotopic (exact) mass is 383 g/mol. The second-order valence-electron chi connectivity index (χ2n) is 7.47. The van der Waals surface area contributed by atoms with Crippen LogP contribution in [0.4, 0.5) is 11.6 Å². The Labute approximate surface area is 168 Å². The summed E-state index contributed by atoms with van der Waals surface area (Å²) < 4.78 is 5.19. The molecule has 2 aromatic heterocycles. The van der Waals surface area contributed by atoms with Gasteiger partial charge in [-0.2, -0.15) is 0 Å². The molecule has 0 spiro atoms. The van der Waals surface area contributed by atoms with E-state index in [0.29, 0.717) is 17.7 Å². The van der Waals surface area contributed by atoms with Crippen LogP contribution < -0.4 is 10.1 Å². The van der Waals surface area contributed by atoms with Crippen LogP contribution in [0.2, 0.25) is 0 Å². The Kier molecular flexibility index (Phi) is 4.12. The van der Waals surface area contributed by atoms with E-state index >= 15 is 0 Å². The number of pyridine rings is 1. The first-order valence-corrected chi connectivity index (χ1v) is 9.67. The number of benzene rings is 2. The zero-order valence-corrected chi connectivity index (χ0v) is 16.6. The molecule has 0 fully saturated rings. The second-order valence-corrected chi connectivity index (χ2v) is 7.47. The van der Waals surface area contributed by atoms with E-state index in [1.165, 1.54) is 5.56 Å². The summed E-state index contributed by atoms with van der Waals surface area (Å²) in [5.74, 6) is 1.53. The molecule has 2 aromatic carbocycles. The highest BCUT2D eigenvalue weighted by molar-refractivity contribution is 6.13. The van der Waals surface area contributed by atoms with E-state index in [9.17, 15) is 0 Å². The molecular weight excluding hydrogens is 362 g/mol.